The van der Waals surface area contributed by atoms with E-state index in [4.69, 9.17) is 14.2 Å². The largest absolute Gasteiger partial charge is 0.486 e. The molecule has 0 aromatic heterocycles. The van der Waals surface area contributed by atoms with Crippen molar-refractivity contribution in [2.75, 3.05) is 36.6 Å². The van der Waals surface area contributed by atoms with Crippen molar-refractivity contribution in [2.45, 2.75) is 31.1 Å². The summed E-state index contributed by atoms with van der Waals surface area (Å²) >= 11 is 0. The molecule has 3 aliphatic rings. The van der Waals surface area contributed by atoms with Crippen LogP contribution in [0.2, 0.25) is 0 Å². The number of fused-ring (bicyclic) bond motifs is 2. The number of para-hydroxylation sites is 2. The Hall–Kier alpha value is -3.55. The third-order valence-corrected chi connectivity index (χ3v) is 6.34. The smallest absolute Gasteiger partial charge is 0.317 e. The van der Waals surface area contributed by atoms with Gasteiger partial charge < -0.3 is 19.5 Å². The van der Waals surface area contributed by atoms with Crippen LogP contribution in [0.5, 0.6) is 11.5 Å². The van der Waals surface area contributed by atoms with Crippen LogP contribution in [0.1, 0.15) is 31.2 Å². The highest BCUT2D eigenvalue weighted by molar-refractivity contribution is 6.10. The normalized spacial score (nSPS) is 18.5. The molecule has 0 spiro atoms. The SMILES string of the molecule is O=C1CN(C(=O)COC(=O)C2(c3ccc4c(c3)OCCO4)CCCC2)c2ccccc2N1. The number of amides is 2. The first-order chi connectivity index (χ1) is 15.6. The minimum absolute atomic E-state index is 0.110. The van der Waals surface area contributed by atoms with Crippen LogP contribution in [-0.4, -0.2) is 44.1 Å². The van der Waals surface area contributed by atoms with E-state index in [9.17, 15) is 14.4 Å². The quantitative estimate of drug-likeness (QED) is 0.741. The summed E-state index contributed by atoms with van der Waals surface area (Å²) in [6.07, 6.45) is 3.09. The van der Waals surface area contributed by atoms with Crippen LogP contribution in [0.15, 0.2) is 42.5 Å². The maximum atomic E-state index is 13.3. The standard InChI is InChI=1S/C24H24N2O6/c27-21-14-26(18-6-2-1-5-17(18)25-21)22(28)15-32-23(29)24(9-3-4-10-24)16-7-8-19-20(13-16)31-12-11-30-19/h1-2,5-8,13H,3-4,9-12,14-15H2,(H,25,27). The summed E-state index contributed by atoms with van der Waals surface area (Å²) in [7, 11) is 0. The van der Waals surface area contributed by atoms with Crippen molar-refractivity contribution >= 4 is 29.2 Å². The Morgan fingerprint density at radius 1 is 1.03 bits per heavy atom. The summed E-state index contributed by atoms with van der Waals surface area (Å²) in [4.78, 5) is 39.5. The molecule has 0 unspecified atom stereocenters. The summed E-state index contributed by atoms with van der Waals surface area (Å²) in [6, 6.07) is 12.6. The molecule has 1 saturated carbocycles. The molecule has 2 aromatic rings. The van der Waals surface area contributed by atoms with Gasteiger partial charge in [0.25, 0.3) is 5.91 Å². The third kappa shape index (κ3) is 3.55. The zero-order valence-corrected chi connectivity index (χ0v) is 17.6. The number of benzene rings is 2. The maximum absolute atomic E-state index is 13.3. The molecule has 2 amide bonds. The van der Waals surface area contributed by atoms with Gasteiger partial charge in [0.05, 0.1) is 16.8 Å². The molecule has 0 saturated heterocycles. The highest BCUT2D eigenvalue weighted by atomic mass is 16.6. The molecule has 5 rings (SSSR count). The van der Waals surface area contributed by atoms with E-state index in [1.165, 1.54) is 4.90 Å². The highest BCUT2D eigenvalue weighted by Crippen LogP contribution is 2.45. The van der Waals surface area contributed by atoms with E-state index in [0.717, 1.165) is 18.4 Å². The fraction of sp³-hybridized carbons (Fsp3) is 0.375. The first-order valence-electron chi connectivity index (χ1n) is 10.8. The average molecular weight is 436 g/mol. The molecule has 8 nitrogen and oxygen atoms in total. The van der Waals surface area contributed by atoms with Crippen LogP contribution in [0.25, 0.3) is 0 Å². The van der Waals surface area contributed by atoms with Crippen molar-refractivity contribution in [1.29, 1.82) is 0 Å². The summed E-state index contributed by atoms with van der Waals surface area (Å²) in [5, 5.41) is 2.74. The second-order valence-corrected chi connectivity index (χ2v) is 8.27. The topological polar surface area (TPSA) is 94.2 Å². The van der Waals surface area contributed by atoms with Crippen molar-refractivity contribution in [3.63, 3.8) is 0 Å². The van der Waals surface area contributed by atoms with Gasteiger partial charge in [-0.25, -0.2) is 0 Å². The molecule has 1 N–H and O–H groups in total. The van der Waals surface area contributed by atoms with Crippen molar-refractivity contribution in [3.8, 4) is 11.5 Å². The molecule has 0 bridgehead atoms. The lowest BCUT2D eigenvalue weighted by atomic mass is 9.78. The van der Waals surface area contributed by atoms with E-state index >= 15 is 0 Å². The average Bonchev–Trinajstić information content (AvgIpc) is 3.33. The number of rotatable bonds is 4. The number of nitrogens with one attached hydrogen (secondary N) is 1. The number of esters is 1. The van der Waals surface area contributed by atoms with Gasteiger partial charge in [-0.05, 0) is 42.7 Å². The summed E-state index contributed by atoms with van der Waals surface area (Å²) in [6.45, 7) is 0.431. The second-order valence-electron chi connectivity index (χ2n) is 8.27. The Morgan fingerprint density at radius 2 is 1.78 bits per heavy atom. The van der Waals surface area contributed by atoms with Crippen molar-refractivity contribution in [1.82, 2.24) is 0 Å². The Kier molecular flexibility index (Phi) is 5.20. The minimum Gasteiger partial charge on any atom is -0.486 e. The van der Waals surface area contributed by atoms with E-state index in [1.54, 1.807) is 24.3 Å². The molecule has 32 heavy (non-hydrogen) atoms. The van der Waals surface area contributed by atoms with Crippen molar-refractivity contribution < 1.29 is 28.6 Å². The molecule has 2 aliphatic heterocycles. The number of anilines is 2. The summed E-state index contributed by atoms with van der Waals surface area (Å²) < 4.78 is 16.8. The maximum Gasteiger partial charge on any atom is 0.317 e. The van der Waals surface area contributed by atoms with Gasteiger partial charge in [0.1, 0.15) is 19.8 Å². The molecular formula is C24H24N2O6. The lowest BCUT2D eigenvalue weighted by molar-refractivity contribution is -0.153. The van der Waals surface area contributed by atoms with E-state index in [1.807, 2.05) is 18.2 Å². The van der Waals surface area contributed by atoms with E-state index < -0.39 is 23.9 Å². The molecule has 166 valence electrons. The van der Waals surface area contributed by atoms with Crippen LogP contribution in [-0.2, 0) is 24.5 Å². The summed E-state index contributed by atoms with van der Waals surface area (Å²) in [5.41, 5.74) is 1.16. The van der Waals surface area contributed by atoms with Gasteiger partial charge in [-0.2, -0.15) is 0 Å². The zero-order valence-electron chi connectivity index (χ0n) is 17.6. The number of carbonyl (C=O) groups excluding carboxylic acids is 3. The molecular weight excluding hydrogens is 412 g/mol. The lowest BCUT2D eigenvalue weighted by Gasteiger charge is -2.31. The molecule has 0 atom stereocenters. The Bertz CT molecular complexity index is 1080. The van der Waals surface area contributed by atoms with Gasteiger partial charge in [-0.15, -0.1) is 0 Å². The number of hydrogen-bond acceptors (Lipinski definition) is 6. The predicted octanol–water partition coefficient (Wildman–Crippen LogP) is 2.80. The second kappa shape index (κ2) is 8.18. The van der Waals surface area contributed by atoms with Crippen LogP contribution in [0, 0.1) is 0 Å². The van der Waals surface area contributed by atoms with E-state index in [-0.39, 0.29) is 12.5 Å². The third-order valence-electron chi connectivity index (χ3n) is 6.34. The van der Waals surface area contributed by atoms with Gasteiger partial charge in [-0.1, -0.05) is 31.0 Å². The van der Waals surface area contributed by atoms with Gasteiger partial charge in [-0.3, -0.25) is 19.3 Å². The molecule has 8 heteroatoms. The molecule has 2 aromatic carbocycles. The monoisotopic (exact) mass is 436 g/mol. The van der Waals surface area contributed by atoms with E-state index in [2.05, 4.69) is 5.32 Å². The van der Waals surface area contributed by atoms with Gasteiger partial charge in [0.15, 0.2) is 18.1 Å². The van der Waals surface area contributed by atoms with Crippen LogP contribution >= 0.6 is 0 Å². The molecule has 1 aliphatic carbocycles. The molecule has 0 radical (unpaired) electrons. The van der Waals surface area contributed by atoms with Gasteiger partial charge >= 0.3 is 5.97 Å². The number of ether oxygens (including phenoxy) is 3. The Morgan fingerprint density at radius 3 is 2.59 bits per heavy atom. The van der Waals surface area contributed by atoms with Crippen molar-refractivity contribution in [2.24, 2.45) is 0 Å². The van der Waals surface area contributed by atoms with E-state index in [0.29, 0.717) is 48.9 Å². The lowest BCUT2D eigenvalue weighted by Crippen LogP contribution is -2.45. The highest BCUT2D eigenvalue weighted by Gasteiger charge is 2.45. The predicted molar refractivity (Wildman–Crippen MR) is 116 cm³/mol. The van der Waals surface area contributed by atoms with Gasteiger partial charge in [0, 0.05) is 0 Å². The number of nitrogens with zero attached hydrogens (tertiary/aromatic N) is 1. The Labute approximate surface area is 185 Å². The fourth-order valence-electron chi connectivity index (χ4n) is 4.73. The first-order valence-corrected chi connectivity index (χ1v) is 10.8. The van der Waals surface area contributed by atoms with Crippen LogP contribution < -0.4 is 19.7 Å². The number of hydrogen-bond donors (Lipinski definition) is 1. The van der Waals surface area contributed by atoms with Gasteiger partial charge in [0.2, 0.25) is 5.91 Å². The molecule has 2 heterocycles. The Balaban J connectivity index is 1.33. The van der Waals surface area contributed by atoms with Crippen LogP contribution in [0.3, 0.4) is 0 Å². The fourth-order valence-corrected chi connectivity index (χ4v) is 4.73. The molecule has 1 fully saturated rings. The number of carbonyl (C=O) groups is 3. The zero-order chi connectivity index (χ0) is 22.1. The van der Waals surface area contributed by atoms with Crippen LogP contribution in [0.4, 0.5) is 11.4 Å². The minimum atomic E-state index is -0.812. The summed E-state index contributed by atoms with van der Waals surface area (Å²) in [5.74, 6) is 0.149. The van der Waals surface area contributed by atoms with Crippen molar-refractivity contribution in [3.05, 3.63) is 48.0 Å². The first kappa shape index (κ1) is 20.4.